The predicted molar refractivity (Wildman–Crippen MR) is 127 cm³/mol. The molecule has 1 N–H and O–H groups in total. The summed E-state index contributed by atoms with van der Waals surface area (Å²) in [7, 11) is 0. The van der Waals surface area contributed by atoms with Crippen molar-refractivity contribution in [3.8, 4) is 0 Å². The van der Waals surface area contributed by atoms with E-state index < -0.39 is 5.60 Å². The van der Waals surface area contributed by atoms with Crippen molar-refractivity contribution in [2.24, 2.45) is 0 Å². The van der Waals surface area contributed by atoms with Crippen molar-refractivity contribution in [3.05, 3.63) is 51.5 Å². The molecule has 1 aliphatic rings. The van der Waals surface area contributed by atoms with Crippen molar-refractivity contribution in [1.29, 1.82) is 0 Å². The van der Waals surface area contributed by atoms with Gasteiger partial charge in [-0.2, -0.15) is 0 Å². The van der Waals surface area contributed by atoms with E-state index >= 15 is 0 Å². The van der Waals surface area contributed by atoms with Crippen LogP contribution < -0.4 is 5.32 Å². The summed E-state index contributed by atoms with van der Waals surface area (Å²) in [4.78, 5) is 34.1. The molecular weight excluding hydrogens is 424 g/mol. The van der Waals surface area contributed by atoms with Gasteiger partial charge in [-0.25, -0.2) is 9.78 Å². The normalized spacial score (nSPS) is 14.9. The summed E-state index contributed by atoms with van der Waals surface area (Å²) in [6.07, 6.45) is 1.37. The number of aromatic nitrogens is 1. The second-order valence-corrected chi connectivity index (χ2v) is 10.2. The van der Waals surface area contributed by atoms with Gasteiger partial charge < -0.3 is 15.0 Å². The van der Waals surface area contributed by atoms with Gasteiger partial charge in [0.25, 0.3) is 5.91 Å². The lowest BCUT2D eigenvalue weighted by Gasteiger charge is -2.35. The Labute approximate surface area is 194 Å². The van der Waals surface area contributed by atoms with Gasteiger partial charge in [0, 0.05) is 39.1 Å². The van der Waals surface area contributed by atoms with Crippen LogP contribution in [-0.4, -0.2) is 71.7 Å². The lowest BCUT2D eigenvalue weighted by Crippen LogP contribution is -2.50. The SMILES string of the molecule is Cc1nc(Cc2ccccc2)sc1C(=O)NCCCN1CCN(C(=O)OC(C)(C)C)CC1. The van der Waals surface area contributed by atoms with Crippen LogP contribution in [0.5, 0.6) is 0 Å². The number of carbonyl (C=O) groups excluding carboxylic acids is 2. The van der Waals surface area contributed by atoms with Crippen molar-refractivity contribution in [2.75, 3.05) is 39.3 Å². The third-order valence-electron chi connectivity index (χ3n) is 5.21. The van der Waals surface area contributed by atoms with Gasteiger partial charge in [-0.15, -0.1) is 11.3 Å². The summed E-state index contributed by atoms with van der Waals surface area (Å²) in [6, 6.07) is 10.2. The highest BCUT2D eigenvalue weighted by molar-refractivity contribution is 7.13. The summed E-state index contributed by atoms with van der Waals surface area (Å²) in [5.74, 6) is -0.0472. The largest absolute Gasteiger partial charge is 0.444 e. The summed E-state index contributed by atoms with van der Waals surface area (Å²) in [6.45, 7) is 12.0. The molecule has 7 nitrogen and oxygen atoms in total. The number of nitrogens with one attached hydrogen (secondary N) is 1. The number of aryl methyl sites for hydroxylation is 1. The van der Waals surface area contributed by atoms with Gasteiger partial charge in [-0.3, -0.25) is 9.69 Å². The lowest BCUT2D eigenvalue weighted by molar-refractivity contribution is 0.0144. The Hall–Kier alpha value is -2.45. The van der Waals surface area contributed by atoms with E-state index in [4.69, 9.17) is 4.74 Å². The van der Waals surface area contributed by atoms with Crippen molar-refractivity contribution in [3.63, 3.8) is 0 Å². The molecule has 0 atom stereocenters. The molecule has 32 heavy (non-hydrogen) atoms. The Morgan fingerprint density at radius 3 is 2.47 bits per heavy atom. The number of piperazine rings is 1. The molecule has 0 aliphatic carbocycles. The van der Waals surface area contributed by atoms with E-state index in [0.29, 0.717) is 24.5 Å². The number of hydrogen-bond acceptors (Lipinski definition) is 6. The third kappa shape index (κ3) is 7.31. The standard InChI is InChI=1S/C24H34N4O3S/c1-18-21(32-20(26-18)17-19-9-6-5-7-10-19)22(29)25-11-8-12-27-13-15-28(16-14-27)23(30)31-24(2,3)4/h5-7,9-10H,8,11-17H2,1-4H3,(H,25,29). The van der Waals surface area contributed by atoms with Gasteiger partial charge in [-0.05, 0) is 46.2 Å². The topological polar surface area (TPSA) is 74.8 Å². The van der Waals surface area contributed by atoms with E-state index in [2.05, 4.69) is 27.3 Å². The summed E-state index contributed by atoms with van der Waals surface area (Å²) < 4.78 is 5.44. The Bertz CT molecular complexity index is 900. The Morgan fingerprint density at radius 2 is 1.81 bits per heavy atom. The molecule has 2 amide bonds. The average Bonchev–Trinajstić information content (AvgIpc) is 3.11. The van der Waals surface area contributed by atoms with Crippen LogP contribution in [0.1, 0.15) is 53.1 Å². The Kier molecular flexibility index (Phi) is 8.26. The number of amides is 2. The van der Waals surface area contributed by atoms with E-state index in [0.717, 1.165) is 43.2 Å². The van der Waals surface area contributed by atoms with Crippen molar-refractivity contribution >= 4 is 23.3 Å². The minimum atomic E-state index is -0.467. The molecule has 174 valence electrons. The molecule has 2 aromatic rings. The molecule has 0 saturated carbocycles. The molecule has 0 spiro atoms. The first-order chi connectivity index (χ1) is 15.2. The van der Waals surface area contributed by atoms with Crippen LogP contribution in [0.15, 0.2) is 30.3 Å². The fourth-order valence-electron chi connectivity index (χ4n) is 3.57. The van der Waals surface area contributed by atoms with E-state index in [-0.39, 0.29) is 12.0 Å². The smallest absolute Gasteiger partial charge is 0.410 e. The molecule has 0 bridgehead atoms. The van der Waals surface area contributed by atoms with Crippen molar-refractivity contribution < 1.29 is 14.3 Å². The number of carbonyl (C=O) groups is 2. The monoisotopic (exact) mass is 458 g/mol. The zero-order valence-corrected chi connectivity index (χ0v) is 20.3. The average molecular weight is 459 g/mol. The molecule has 2 heterocycles. The zero-order chi connectivity index (χ0) is 23.1. The highest BCUT2D eigenvalue weighted by Gasteiger charge is 2.25. The number of rotatable bonds is 7. The lowest BCUT2D eigenvalue weighted by atomic mass is 10.2. The number of ether oxygens (including phenoxy) is 1. The highest BCUT2D eigenvalue weighted by Crippen LogP contribution is 2.21. The molecule has 8 heteroatoms. The number of nitrogens with zero attached hydrogens (tertiary/aromatic N) is 3. The van der Waals surface area contributed by atoms with E-state index in [1.807, 2.05) is 45.9 Å². The van der Waals surface area contributed by atoms with Crippen LogP contribution in [-0.2, 0) is 11.2 Å². The third-order valence-corrected chi connectivity index (χ3v) is 6.36. The summed E-state index contributed by atoms with van der Waals surface area (Å²) in [5.41, 5.74) is 1.52. The molecule has 0 unspecified atom stereocenters. The first-order valence-corrected chi connectivity index (χ1v) is 12.0. The van der Waals surface area contributed by atoms with Gasteiger partial charge in [0.15, 0.2) is 0 Å². The van der Waals surface area contributed by atoms with Crippen LogP contribution in [0.2, 0.25) is 0 Å². The number of hydrogen-bond donors (Lipinski definition) is 1. The van der Waals surface area contributed by atoms with Gasteiger partial charge in [0.05, 0.1) is 10.7 Å². The minimum absolute atomic E-state index is 0.0472. The Balaban J connectivity index is 1.37. The maximum atomic E-state index is 12.6. The van der Waals surface area contributed by atoms with Gasteiger partial charge in [-0.1, -0.05) is 30.3 Å². The molecule has 3 rings (SSSR count). The minimum Gasteiger partial charge on any atom is -0.444 e. The summed E-state index contributed by atoms with van der Waals surface area (Å²) in [5, 5.41) is 3.99. The first kappa shape index (κ1) is 24.2. The van der Waals surface area contributed by atoms with Crippen molar-refractivity contribution in [1.82, 2.24) is 20.1 Å². The second-order valence-electron chi connectivity index (χ2n) is 9.10. The van der Waals surface area contributed by atoms with Crippen LogP contribution in [0.4, 0.5) is 4.79 Å². The fraction of sp³-hybridized carbons (Fsp3) is 0.542. The van der Waals surface area contributed by atoms with Crippen molar-refractivity contribution in [2.45, 2.75) is 46.1 Å². The molecular formula is C24H34N4O3S. The maximum Gasteiger partial charge on any atom is 0.410 e. The van der Waals surface area contributed by atoms with Gasteiger partial charge in [0.1, 0.15) is 10.5 Å². The molecule has 0 radical (unpaired) electrons. The van der Waals surface area contributed by atoms with E-state index in [1.165, 1.54) is 16.9 Å². The van der Waals surface area contributed by atoms with Crippen LogP contribution in [0.3, 0.4) is 0 Å². The highest BCUT2D eigenvalue weighted by atomic mass is 32.1. The van der Waals surface area contributed by atoms with E-state index in [1.54, 1.807) is 4.90 Å². The Morgan fingerprint density at radius 1 is 1.12 bits per heavy atom. The zero-order valence-electron chi connectivity index (χ0n) is 19.5. The molecule has 1 saturated heterocycles. The van der Waals surface area contributed by atoms with Crippen LogP contribution in [0.25, 0.3) is 0 Å². The molecule has 1 aromatic carbocycles. The molecule has 1 fully saturated rings. The maximum absolute atomic E-state index is 12.6. The van der Waals surface area contributed by atoms with Crippen LogP contribution in [0, 0.1) is 6.92 Å². The summed E-state index contributed by atoms with van der Waals surface area (Å²) >= 11 is 1.47. The first-order valence-electron chi connectivity index (χ1n) is 11.2. The van der Waals surface area contributed by atoms with E-state index in [9.17, 15) is 9.59 Å². The fourth-order valence-corrected chi connectivity index (χ4v) is 4.59. The number of benzene rings is 1. The van der Waals surface area contributed by atoms with Gasteiger partial charge in [0.2, 0.25) is 0 Å². The molecule has 1 aromatic heterocycles. The molecule has 1 aliphatic heterocycles. The number of thiazole rings is 1. The quantitative estimate of drug-likeness (QED) is 0.640. The van der Waals surface area contributed by atoms with Crippen LogP contribution >= 0.6 is 11.3 Å². The predicted octanol–water partition coefficient (Wildman–Crippen LogP) is 3.71. The second kappa shape index (κ2) is 10.9. The van der Waals surface area contributed by atoms with Gasteiger partial charge >= 0.3 is 6.09 Å².